The average molecular weight is 245 g/mol. The van der Waals surface area contributed by atoms with Crippen molar-refractivity contribution in [3.8, 4) is 0 Å². The first kappa shape index (κ1) is 11.5. The molecule has 1 heterocycles. The topological polar surface area (TPSA) is 57.8 Å². The lowest BCUT2D eigenvalue weighted by Crippen LogP contribution is -2.13. The van der Waals surface area contributed by atoms with Gasteiger partial charge in [0.15, 0.2) is 5.82 Å². The molecule has 0 saturated carbocycles. The van der Waals surface area contributed by atoms with Crippen LogP contribution in [-0.2, 0) is 0 Å². The summed E-state index contributed by atoms with van der Waals surface area (Å²) >= 11 is 4.86. The minimum Gasteiger partial charge on any atom is -0.305 e. The molecular weight excluding hydrogens is 234 g/mol. The molecule has 86 valence electrons. The summed E-state index contributed by atoms with van der Waals surface area (Å²) in [6, 6.07) is 10.7. The van der Waals surface area contributed by atoms with Gasteiger partial charge in [-0.25, -0.2) is 0 Å². The van der Waals surface area contributed by atoms with Gasteiger partial charge in [0.2, 0.25) is 0 Å². The minimum absolute atomic E-state index is 0.192. The number of nitrogens with zero attached hydrogens (tertiary/aromatic N) is 1. The third-order valence-electron chi connectivity index (χ3n) is 2.23. The Morgan fingerprint density at radius 3 is 2.53 bits per heavy atom. The lowest BCUT2D eigenvalue weighted by atomic mass is 10.1. The second kappa shape index (κ2) is 4.88. The second-order valence-corrected chi connectivity index (χ2v) is 4.07. The van der Waals surface area contributed by atoms with E-state index in [1.165, 1.54) is 0 Å². The first-order valence-electron chi connectivity index (χ1n) is 5.09. The van der Waals surface area contributed by atoms with E-state index in [1.807, 2.05) is 19.1 Å². The van der Waals surface area contributed by atoms with Crippen molar-refractivity contribution in [2.45, 2.75) is 6.92 Å². The van der Waals surface area contributed by atoms with Crippen molar-refractivity contribution in [2.75, 3.05) is 5.32 Å². The first-order chi connectivity index (χ1) is 8.15. The zero-order chi connectivity index (χ0) is 12.3. The average Bonchev–Trinajstić information content (AvgIpc) is 2.33. The number of rotatable bonds is 2. The molecule has 0 aliphatic heterocycles. The maximum Gasteiger partial charge on any atom is 0.256 e. The van der Waals surface area contributed by atoms with Gasteiger partial charge in [0.25, 0.3) is 5.91 Å². The maximum absolute atomic E-state index is 11.8. The molecule has 0 saturated heterocycles. The van der Waals surface area contributed by atoms with Crippen LogP contribution >= 0.6 is 12.2 Å². The molecule has 4 nitrogen and oxygen atoms in total. The van der Waals surface area contributed by atoms with E-state index in [0.29, 0.717) is 16.0 Å². The van der Waals surface area contributed by atoms with Gasteiger partial charge in [0.05, 0.1) is 0 Å². The van der Waals surface area contributed by atoms with E-state index in [-0.39, 0.29) is 5.91 Å². The van der Waals surface area contributed by atoms with Gasteiger partial charge in [-0.3, -0.25) is 9.89 Å². The van der Waals surface area contributed by atoms with E-state index in [9.17, 15) is 4.79 Å². The summed E-state index contributed by atoms with van der Waals surface area (Å²) in [6.07, 6.45) is 0. The van der Waals surface area contributed by atoms with Gasteiger partial charge in [-0.05, 0) is 31.2 Å². The number of hydrogen-bond acceptors (Lipinski definition) is 3. The Morgan fingerprint density at radius 2 is 1.94 bits per heavy atom. The summed E-state index contributed by atoms with van der Waals surface area (Å²) in [5, 5.41) is 9.19. The summed E-state index contributed by atoms with van der Waals surface area (Å²) in [7, 11) is 0. The first-order valence-corrected chi connectivity index (χ1v) is 5.50. The van der Waals surface area contributed by atoms with Gasteiger partial charge in [-0.2, -0.15) is 5.10 Å². The van der Waals surface area contributed by atoms with Gasteiger partial charge in [-0.1, -0.05) is 29.9 Å². The van der Waals surface area contributed by atoms with Gasteiger partial charge < -0.3 is 5.32 Å². The van der Waals surface area contributed by atoms with Gasteiger partial charge in [-0.15, -0.1) is 0 Å². The van der Waals surface area contributed by atoms with Gasteiger partial charge in [0, 0.05) is 5.56 Å². The van der Waals surface area contributed by atoms with Crippen molar-refractivity contribution in [3.05, 3.63) is 52.2 Å². The smallest absolute Gasteiger partial charge is 0.256 e. The number of aromatic nitrogens is 2. The minimum atomic E-state index is -0.192. The molecule has 1 aromatic carbocycles. The van der Waals surface area contributed by atoms with E-state index in [2.05, 4.69) is 15.5 Å². The summed E-state index contributed by atoms with van der Waals surface area (Å²) in [5.74, 6) is 0.257. The third kappa shape index (κ3) is 2.98. The van der Waals surface area contributed by atoms with Crippen LogP contribution in [0, 0.1) is 11.6 Å². The number of carbonyl (C=O) groups is 1. The molecule has 0 atom stereocenters. The normalized spacial score (nSPS) is 9.94. The number of benzene rings is 1. The monoisotopic (exact) mass is 245 g/mol. The Hall–Kier alpha value is -2.01. The Kier molecular flexibility index (Phi) is 3.30. The highest BCUT2D eigenvalue weighted by atomic mass is 32.1. The number of anilines is 1. The predicted octanol–water partition coefficient (Wildman–Crippen LogP) is 2.70. The molecule has 0 unspecified atom stereocenters. The molecule has 1 aromatic heterocycles. The van der Waals surface area contributed by atoms with E-state index < -0.39 is 0 Å². The lowest BCUT2D eigenvalue weighted by Gasteiger charge is -2.03. The number of hydrogen-bond donors (Lipinski definition) is 2. The number of nitrogens with one attached hydrogen (secondary N) is 2. The van der Waals surface area contributed by atoms with E-state index >= 15 is 0 Å². The summed E-state index contributed by atoms with van der Waals surface area (Å²) in [6.45, 7) is 1.97. The van der Waals surface area contributed by atoms with Crippen molar-refractivity contribution in [2.24, 2.45) is 0 Å². The highest BCUT2D eigenvalue weighted by Gasteiger charge is 2.05. The molecule has 0 spiro atoms. The standard InChI is InChI=1S/C12H11N3OS/c1-8-2-4-9(5-3-8)12(16)13-10-6-7-11(17)15-14-10/h2-7H,1H3,(H,15,17)(H,13,14,16). The Bertz CT molecular complexity index is 569. The molecule has 0 bridgehead atoms. The van der Waals surface area contributed by atoms with E-state index in [4.69, 9.17) is 12.2 Å². The van der Waals surface area contributed by atoms with Crippen LogP contribution in [0.2, 0.25) is 0 Å². The van der Waals surface area contributed by atoms with E-state index in [1.54, 1.807) is 24.3 Å². The Labute approximate surface area is 104 Å². The van der Waals surface area contributed by atoms with Crippen molar-refractivity contribution in [3.63, 3.8) is 0 Å². The van der Waals surface area contributed by atoms with Crippen LogP contribution in [-0.4, -0.2) is 16.1 Å². The molecule has 0 aliphatic carbocycles. The van der Waals surface area contributed by atoms with Crippen molar-refractivity contribution in [1.82, 2.24) is 10.2 Å². The number of H-pyrrole nitrogens is 1. The molecule has 5 heteroatoms. The van der Waals surface area contributed by atoms with Crippen LogP contribution in [0.15, 0.2) is 36.4 Å². The highest BCUT2D eigenvalue weighted by Crippen LogP contribution is 2.06. The predicted molar refractivity (Wildman–Crippen MR) is 68.6 cm³/mol. The fourth-order valence-electron chi connectivity index (χ4n) is 1.31. The number of aromatic amines is 1. The van der Waals surface area contributed by atoms with Crippen molar-refractivity contribution >= 4 is 23.9 Å². The van der Waals surface area contributed by atoms with Crippen LogP contribution in [0.3, 0.4) is 0 Å². The number of aryl methyl sites for hydroxylation is 1. The van der Waals surface area contributed by atoms with Crippen molar-refractivity contribution < 1.29 is 4.79 Å². The lowest BCUT2D eigenvalue weighted by molar-refractivity contribution is 0.102. The van der Waals surface area contributed by atoms with Crippen molar-refractivity contribution in [1.29, 1.82) is 0 Å². The molecule has 2 N–H and O–H groups in total. The molecule has 2 aromatic rings. The second-order valence-electron chi connectivity index (χ2n) is 3.63. The van der Waals surface area contributed by atoms with E-state index in [0.717, 1.165) is 5.56 Å². The zero-order valence-electron chi connectivity index (χ0n) is 9.23. The Balaban J connectivity index is 2.14. The highest BCUT2D eigenvalue weighted by molar-refractivity contribution is 7.71. The van der Waals surface area contributed by atoms with Gasteiger partial charge >= 0.3 is 0 Å². The molecule has 0 aliphatic rings. The zero-order valence-corrected chi connectivity index (χ0v) is 10.0. The largest absolute Gasteiger partial charge is 0.305 e. The fourth-order valence-corrected chi connectivity index (χ4v) is 1.42. The van der Waals surface area contributed by atoms with Crippen LogP contribution in [0.25, 0.3) is 0 Å². The summed E-state index contributed by atoms with van der Waals surface area (Å²) in [5.41, 5.74) is 1.71. The molecule has 0 radical (unpaired) electrons. The van der Waals surface area contributed by atoms with Gasteiger partial charge in [0.1, 0.15) is 4.64 Å². The maximum atomic E-state index is 11.8. The Morgan fingerprint density at radius 1 is 1.24 bits per heavy atom. The molecular formula is C12H11N3OS. The molecule has 1 amide bonds. The quantitative estimate of drug-likeness (QED) is 0.800. The SMILES string of the molecule is Cc1ccc(C(=O)Nc2ccc(=S)[nH]n2)cc1. The number of carbonyl (C=O) groups excluding carboxylic acids is 1. The molecule has 0 fully saturated rings. The number of amides is 1. The van der Waals surface area contributed by atoms with Crippen LogP contribution in [0.1, 0.15) is 15.9 Å². The molecule has 17 heavy (non-hydrogen) atoms. The van der Waals surface area contributed by atoms with Crippen LogP contribution in [0.4, 0.5) is 5.82 Å². The fraction of sp³-hybridized carbons (Fsp3) is 0.0833. The summed E-state index contributed by atoms with van der Waals surface area (Å²) < 4.78 is 0.526. The summed E-state index contributed by atoms with van der Waals surface area (Å²) in [4.78, 5) is 11.8. The van der Waals surface area contributed by atoms with Crippen LogP contribution in [0.5, 0.6) is 0 Å². The molecule has 2 rings (SSSR count). The third-order valence-corrected chi connectivity index (χ3v) is 2.46. The van der Waals surface area contributed by atoms with Crippen LogP contribution < -0.4 is 5.32 Å².